The number of hydrogen-bond acceptors (Lipinski definition) is 2. The summed E-state index contributed by atoms with van der Waals surface area (Å²) in [5.41, 5.74) is 0. The van der Waals surface area contributed by atoms with Crippen LogP contribution in [0.2, 0.25) is 0 Å². The molecule has 1 unspecified atom stereocenters. The van der Waals surface area contributed by atoms with Gasteiger partial charge < -0.3 is 9.47 Å². The molecule has 0 saturated carbocycles. The molecule has 0 amide bonds. The van der Waals surface area contributed by atoms with Gasteiger partial charge in [0.05, 0.1) is 6.10 Å². The largest absolute Gasteiger partial charge is 0.353 e. The van der Waals surface area contributed by atoms with Crippen LogP contribution in [0.15, 0.2) is 12.7 Å². The Kier molecular flexibility index (Phi) is 13.5. The molecule has 1 fully saturated rings. The zero-order valence-electron chi connectivity index (χ0n) is 16.4. The second-order valence-corrected chi connectivity index (χ2v) is 7.54. The van der Waals surface area contributed by atoms with Gasteiger partial charge in [0.25, 0.3) is 0 Å². The summed E-state index contributed by atoms with van der Waals surface area (Å²) >= 11 is 0. The molecule has 1 saturated heterocycles. The Morgan fingerprint density at radius 1 is 0.958 bits per heavy atom. The van der Waals surface area contributed by atoms with E-state index in [1.165, 1.54) is 70.6 Å². The number of ether oxygens (including phenoxy) is 2. The van der Waals surface area contributed by atoms with Crippen molar-refractivity contribution in [2.75, 3.05) is 6.61 Å². The maximum absolute atomic E-state index is 6.16. The van der Waals surface area contributed by atoms with Gasteiger partial charge in [0.1, 0.15) is 0 Å². The summed E-state index contributed by atoms with van der Waals surface area (Å²) in [7, 11) is 0. The molecule has 0 bridgehead atoms. The lowest BCUT2D eigenvalue weighted by Crippen LogP contribution is -2.26. The highest BCUT2D eigenvalue weighted by Gasteiger charge is 2.23. The minimum Gasteiger partial charge on any atom is -0.353 e. The third kappa shape index (κ3) is 10.5. The zero-order valence-corrected chi connectivity index (χ0v) is 16.4. The molecule has 0 aromatic heterocycles. The minimum absolute atomic E-state index is 0.0125. The fourth-order valence-electron chi connectivity index (χ4n) is 3.47. The van der Waals surface area contributed by atoms with Gasteiger partial charge in [-0.05, 0) is 25.7 Å². The van der Waals surface area contributed by atoms with Gasteiger partial charge in [-0.3, -0.25) is 0 Å². The summed E-state index contributed by atoms with van der Waals surface area (Å²) in [6.45, 7) is 9.23. The van der Waals surface area contributed by atoms with Crippen LogP contribution in [0.4, 0.5) is 0 Å². The molecule has 3 atom stereocenters. The molecular formula is C22H42O2. The van der Waals surface area contributed by atoms with Crippen LogP contribution in [0.25, 0.3) is 0 Å². The van der Waals surface area contributed by atoms with Gasteiger partial charge in [-0.1, -0.05) is 84.1 Å². The maximum atomic E-state index is 6.16. The van der Waals surface area contributed by atoms with Crippen molar-refractivity contribution >= 4 is 0 Å². The predicted molar refractivity (Wildman–Crippen MR) is 104 cm³/mol. The highest BCUT2D eigenvalue weighted by atomic mass is 16.7. The SMILES string of the molecule is C=C[C@@H](C)[C@H]1CCCOC(CCCCCCCCCCCCC)O1. The molecule has 1 aliphatic rings. The standard InChI is InChI=1S/C22H42O2/c1-4-6-7-8-9-10-11-12-13-14-15-18-22-23-19-16-17-21(24-22)20(3)5-2/h5,20-22H,2,4,6-19H2,1,3H3/t20-,21-,22?/m1/s1. The molecule has 2 heteroatoms. The van der Waals surface area contributed by atoms with Crippen molar-refractivity contribution in [1.82, 2.24) is 0 Å². The molecule has 1 heterocycles. The zero-order chi connectivity index (χ0) is 17.5. The Morgan fingerprint density at radius 3 is 2.12 bits per heavy atom. The smallest absolute Gasteiger partial charge is 0.157 e. The number of hydrogen-bond donors (Lipinski definition) is 0. The fourth-order valence-corrected chi connectivity index (χ4v) is 3.47. The Bertz CT molecular complexity index is 290. The monoisotopic (exact) mass is 338 g/mol. The minimum atomic E-state index is 0.0125. The van der Waals surface area contributed by atoms with E-state index in [1.54, 1.807) is 0 Å². The molecule has 0 aromatic rings. The molecule has 0 spiro atoms. The van der Waals surface area contributed by atoms with E-state index in [9.17, 15) is 0 Å². The lowest BCUT2D eigenvalue weighted by molar-refractivity contribution is -0.163. The van der Waals surface area contributed by atoms with E-state index in [4.69, 9.17) is 9.47 Å². The Balaban J connectivity index is 1.97. The summed E-state index contributed by atoms with van der Waals surface area (Å²) < 4.78 is 12.0. The van der Waals surface area contributed by atoms with Crippen LogP contribution in [-0.4, -0.2) is 19.0 Å². The van der Waals surface area contributed by atoms with E-state index in [0.29, 0.717) is 12.0 Å². The van der Waals surface area contributed by atoms with Gasteiger partial charge in [0.2, 0.25) is 0 Å². The summed E-state index contributed by atoms with van der Waals surface area (Å²) in [5, 5.41) is 0. The highest BCUT2D eigenvalue weighted by Crippen LogP contribution is 2.23. The molecular weight excluding hydrogens is 296 g/mol. The maximum Gasteiger partial charge on any atom is 0.157 e. The molecule has 2 nitrogen and oxygen atoms in total. The van der Waals surface area contributed by atoms with Crippen LogP contribution in [0.1, 0.15) is 104 Å². The second-order valence-electron chi connectivity index (χ2n) is 7.54. The third-order valence-corrected chi connectivity index (χ3v) is 5.26. The predicted octanol–water partition coefficient (Wildman–Crippen LogP) is 7.03. The summed E-state index contributed by atoms with van der Waals surface area (Å²) in [4.78, 5) is 0. The van der Waals surface area contributed by atoms with Crippen LogP contribution < -0.4 is 0 Å². The van der Waals surface area contributed by atoms with Crippen LogP contribution in [0.5, 0.6) is 0 Å². The van der Waals surface area contributed by atoms with Gasteiger partial charge in [-0.15, -0.1) is 6.58 Å². The van der Waals surface area contributed by atoms with Crippen molar-refractivity contribution in [3.8, 4) is 0 Å². The molecule has 0 N–H and O–H groups in total. The molecule has 1 aliphatic heterocycles. The van der Waals surface area contributed by atoms with Crippen molar-refractivity contribution in [2.24, 2.45) is 5.92 Å². The molecule has 0 radical (unpaired) electrons. The van der Waals surface area contributed by atoms with E-state index in [2.05, 4.69) is 20.4 Å². The molecule has 0 aliphatic carbocycles. The first-order valence-electron chi connectivity index (χ1n) is 10.7. The van der Waals surface area contributed by atoms with Crippen LogP contribution in [0.3, 0.4) is 0 Å². The lowest BCUT2D eigenvalue weighted by Gasteiger charge is -2.24. The number of unbranched alkanes of at least 4 members (excludes halogenated alkanes) is 10. The normalized spacial score (nSPS) is 22.9. The Labute approximate surface area is 151 Å². The van der Waals surface area contributed by atoms with E-state index in [0.717, 1.165) is 25.9 Å². The molecule has 24 heavy (non-hydrogen) atoms. The van der Waals surface area contributed by atoms with Crippen LogP contribution >= 0.6 is 0 Å². The lowest BCUT2D eigenvalue weighted by atomic mass is 10.0. The average molecular weight is 339 g/mol. The van der Waals surface area contributed by atoms with Crippen LogP contribution in [-0.2, 0) is 9.47 Å². The van der Waals surface area contributed by atoms with Gasteiger partial charge in [0.15, 0.2) is 6.29 Å². The van der Waals surface area contributed by atoms with Crippen molar-refractivity contribution in [1.29, 1.82) is 0 Å². The Morgan fingerprint density at radius 2 is 1.54 bits per heavy atom. The van der Waals surface area contributed by atoms with E-state index < -0.39 is 0 Å². The molecule has 142 valence electrons. The first-order valence-corrected chi connectivity index (χ1v) is 10.7. The van der Waals surface area contributed by atoms with E-state index >= 15 is 0 Å². The average Bonchev–Trinajstić information content (AvgIpc) is 2.84. The first kappa shape index (κ1) is 21.7. The summed E-state index contributed by atoms with van der Waals surface area (Å²) in [5.74, 6) is 0.423. The Hall–Kier alpha value is -0.340. The number of rotatable bonds is 14. The summed E-state index contributed by atoms with van der Waals surface area (Å²) in [6.07, 6.45) is 20.8. The van der Waals surface area contributed by atoms with Crippen LogP contribution in [0, 0.1) is 5.92 Å². The van der Waals surface area contributed by atoms with Gasteiger partial charge >= 0.3 is 0 Å². The van der Waals surface area contributed by atoms with Crippen molar-refractivity contribution in [3.63, 3.8) is 0 Å². The fraction of sp³-hybridized carbons (Fsp3) is 0.909. The van der Waals surface area contributed by atoms with Gasteiger partial charge in [-0.25, -0.2) is 0 Å². The quantitative estimate of drug-likeness (QED) is 0.250. The first-order chi connectivity index (χ1) is 11.8. The topological polar surface area (TPSA) is 18.5 Å². The van der Waals surface area contributed by atoms with E-state index in [-0.39, 0.29) is 6.29 Å². The highest BCUT2D eigenvalue weighted by molar-refractivity contribution is 4.83. The third-order valence-electron chi connectivity index (χ3n) is 5.26. The molecule has 0 aromatic carbocycles. The second kappa shape index (κ2) is 15.0. The molecule has 1 rings (SSSR count). The van der Waals surface area contributed by atoms with Crippen molar-refractivity contribution < 1.29 is 9.47 Å². The van der Waals surface area contributed by atoms with Crippen molar-refractivity contribution in [2.45, 2.75) is 116 Å². The summed E-state index contributed by atoms with van der Waals surface area (Å²) in [6, 6.07) is 0. The van der Waals surface area contributed by atoms with Gasteiger partial charge in [-0.2, -0.15) is 0 Å². The van der Waals surface area contributed by atoms with Gasteiger partial charge in [0, 0.05) is 12.5 Å². The van der Waals surface area contributed by atoms with E-state index in [1.807, 2.05) is 6.08 Å². The van der Waals surface area contributed by atoms with Crippen molar-refractivity contribution in [3.05, 3.63) is 12.7 Å².